The molecule has 8 heteroatoms. The molecule has 2 heterocycles. The van der Waals surface area contributed by atoms with Crippen molar-refractivity contribution in [2.24, 2.45) is 12.8 Å². The lowest BCUT2D eigenvalue weighted by molar-refractivity contribution is -0.138. The molecule has 2 atom stereocenters. The van der Waals surface area contributed by atoms with E-state index in [2.05, 4.69) is 5.10 Å². The first-order valence-corrected chi connectivity index (χ1v) is 8.38. The van der Waals surface area contributed by atoms with Gasteiger partial charge in [0.2, 0.25) is 5.91 Å². The molecule has 1 aliphatic rings. The minimum Gasteiger partial charge on any atom is -0.365 e. The summed E-state index contributed by atoms with van der Waals surface area (Å²) in [4.78, 5) is 14.1. The molecule has 1 saturated heterocycles. The monoisotopic (exact) mass is 382 g/mol. The second kappa shape index (κ2) is 9.12. The van der Waals surface area contributed by atoms with Gasteiger partial charge in [-0.2, -0.15) is 5.10 Å². The van der Waals surface area contributed by atoms with Crippen LogP contribution in [-0.4, -0.2) is 46.3 Å². The van der Waals surface area contributed by atoms with Crippen molar-refractivity contribution in [3.05, 3.63) is 53.6 Å². The van der Waals surface area contributed by atoms with E-state index < -0.39 is 0 Å². The lowest BCUT2D eigenvalue weighted by atomic mass is 9.86. The number of nitrogens with two attached hydrogens (primary N) is 1. The van der Waals surface area contributed by atoms with Gasteiger partial charge in [0.15, 0.2) is 0 Å². The molecule has 1 fully saturated rings. The van der Waals surface area contributed by atoms with E-state index in [-0.39, 0.29) is 42.7 Å². The Morgan fingerprint density at radius 2 is 2.08 bits per heavy atom. The average Bonchev–Trinajstić information content (AvgIpc) is 3.01. The van der Waals surface area contributed by atoms with Crippen LogP contribution in [0.1, 0.15) is 23.6 Å². The van der Waals surface area contributed by atoms with Gasteiger partial charge in [0.1, 0.15) is 12.4 Å². The van der Waals surface area contributed by atoms with Gasteiger partial charge in [0.05, 0.1) is 12.3 Å². The molecule has 2 aromatic rings. The minimum absolute atomic E-state index is 0. The molecule has 0 saturated carbocycles. The van der Waals surface area contributed by atoms with Crippen molar-refractivity contribution in [1.29, 1.82) is 0 Å². The fourth-order valence-electron chi connectivity index (χ4n) is 3.21. The summed E-state index contributed by atoms with van der Waals surface area (Å²) in [6.07, 6.45) is 2.46. The zero-order valence-electron chi connectivity index (χ0n) is 14.7. The Morgan fingerprint density at radius 1 is 1.35 bits per heavy atom. The number of nitrogens with zero attached hydrogens (tertiary/aromatic N) is 3. The number of aryl methyl sites for hydroxylation is 1. The van der Waals surface area contributed by atoms with Crippen LogP contribution in [0.3, 0.4) is 0 Å². The Bertz CT molecular complexity index is 722. The summed E-state index contributed by atoms with van der Waals surface area (Å²) in [6, 6.07) is 8.13. The maximum atomic E-state index is 13.1. The van der Waals surface area contributed by atoms with Gasteiger partial charge in [-0.15, -0.1) is 12.4 Å². The number of carbonyl (C=O) groups is 1. The number of ether oxygens (including phenoxy) is 1. The smallest absolute Gasteiger partial charge is 0.248 e. The Kier molecular flexibility index (Phi) is 7.14. The average molecular weight is 383 g/mol. The number of amides is 1. The standard InChI is InChI=1S/C18H23FN4O2.ClH/c1-22-15(6-8-21-22)11-25-12-18(24)23-9-7-16(17(20)10-23)13-2-4-14(19)5-3-13;/h2-6,8,16-17H,7,9-12,20H2,1H3;1H/t16-,17+;/m1./s1. The summed E-state index contributed by atoms with van der Waals surface area (Å²) in [5.41, 5.74) is 8.20. The molecule has 3 rings (SSSR count). The Labute approximate surface area is 158 Å². The van der Waals surface area contributed by atoms with Crippen LogP contribution in [0, 0.1) is 5.82 Å². The first-order valence-electron chi connectivity index (χ1n) is 8.38. The molecule has 0 radical (unpaired) electrons. The van der Waals surface area contributed by atoms with Gasteiger partial charge in [-0.1, -0.05) is 12.1 Å². The fraction of sp³-hybridized carbons (Fsp3) is 0.444. The zero-order chi connectivity index (χ0) is 17.8. The van der Waals surface area contributed by atoms with Gasteiger partial charge < -0.3 is 15.4 Å². The summed E-state index contributed by atoms with van der Waals surface area (Å²) < 4.78 is 20.3. The van der Waals surface area contributed by atoms with E-state index in [1.165, 1.54) is 12.1 Å². The molecule has 2 N–H and O–H groups in total. The summed E-state index contributed by atoms with van der Waals surface area (Å²) in [5.74, 6) is -0.175. The third kappa shape index (κ3) is 4.81. The molecule has 1 aliphatic heterocycles. The summed E-state index contributed by atoms with van der Waals surface area (Å²) in [5, 5.41) is 4.06. The number of benzene rings is 1. The second-order valence-electron chi connectivity index (χ2n) is 6.39. The van der Waals surface area contributed by atoms with Crippen molar-refractivity contribution >= 4 is 18.3 Å². The lowest BCUT2D eigenvalue weighted by Gasteiger charge is -2.37. The third-order valence-electron chi connectivity index (χ3n) is 4.71. The van der Waals surface area contributed by atoms with Crippen LogP contribution in [0.4, 0.5) is 4.39 Å². The third-order valence-corrected chi connectivity index (χ3v) is 4.71. The van der Waals surface area contributed by atoms with Crippen LogP contribution in [0.25, 0.3) is 0 Å². The molecule has 26 heavy (non-hydrogen) atoms. The highest BCUT2D eigenvalue weighted by Gasteiger charge is 2.30. The number of likely N-dealkylation sites (tertiary alicyclic amines) is 1. The molecule has 0 spiro atoms. The highest BCUT2D eigenvalue weighted by atomic mass is 35.5. The molecule has 0 aliphatic carbocycles. The number of piperidine rings is 1. The van der Waals surface area contributed by atoms with E-state index in [0.29, 0.717) is 19.7 Å². The van der Waals surface area contributed by atoms with Gasteiger partial charge in [-0.3, -0.25) is 9.48 Å². The largest absolute Gasteiger partial charge is 0.365 e. The molecule has 142 valence electrons. The number of hydrogen-bond acceptors (Lipinski definition) is 4. The van der Waals surface area contributed by atoms with Crippen LogP contribution in [0.2, 0.25) is 0 Å². The molecular weight excluding hydrogens is 359 g/mol. The van der Waals surface area contributed by atoms with Crippen molar-refractivity contribution in [2.75, 3.05) is 19.7 Å². The Morgan fingerprint density at radius 3 is 2.69 bits per heavy atom. The van der Waals surface area contributed by atoms with E-state index >= 15 is 0 Å². The van der Waals surface area contributed by atoms with Crippen molar-refractivity contribution in [2.45, 2.75) is 25.0 Å². The van der Waals surface area contributed by atoms with E-state index in [1.54, 1.807) is 27.9 Å². The number of carbonyl (C=O) groups excluding carboxylic acids is 1. The fourth-order valence-corrected chi connectivity index (χ4v) is 3.21. The normalized spacial score (nSPS) is 19.9. The number of aromatic nitrogens is 2. The van der Waals surface area contributed by atoms with E-state index in [0.717, 1.165) is 17.7 Å². The van der Waals surface area contributed by atoms with Gasteiger partial charge in [0, 0.05) is 38.3 Å². The topological polar surface area (TPSA) is 73.4 Å². The zero-order valence-corrected chi connectivity index (χ0v) is 15.5. The lowest BCUT2D eigenvalue weighted by Crippen LogP contribution is -2.50. The molecule has 0 bridgehead atoms. The van der Waals surface area contributed by atoms with Crippen molar-refractivity contribution in [3.8, 4) is 0 Å². The first kappa shape index (κ1) is 20.4. The molecule has 1 amide bonds. The van der Waals surface area contributed by atoms with Crippen LogP contribution >= 0.6 is 12.4 Å². The van der Waals surface area contributed by atoms with Gasteiger partial charge in [-0.05, 0) is 30.2 Å². The first-order chi connectivity index (χ1) is 12.0. The molecule has 0 unspecified atom stereocenters. The molecule has 6 nitrogen and oxygen atoms in total. The summed E-state index contributed by atoms with van der Waals surface area (Å²) in [7, 11) is 1.83. The Hall–Kier alpha value is -1.96. The predicted molar refractivity (Wildman–Crippen MR) is 98.4 cm³/mol. The highest BCUT2D eigenvalue weighted by Crippen LogP contribution is 2.27. The maximum Gasteiger partial charge on any atom is 0.248 e. The predicted octanol–water partition coefficient (Wildman–Crippen LogP) is 1.84. The molecular formula is C18H24ClFN4O2. The summed E-state index contributed by atoms with van der Waals surface area (Å²) in [6.45, 7) is 1.49. The minimum atomic E-state index is -0.254. The maximum absolute atomic E-state index is 13.1. The van der Waals surface area contributed by atoms with Crippen LogP contribution in [-0.2, 0) is 23.2 Å². The molecule has 1 aromatic heterocycles. The van der Waals surface area contributed by atoms with Crippen molar-refractivity contribution < 1.29 is 13.9 Å². The number of hydrogen-bond donors (Lipinski definition) is 1. The van der Waals surface area contributed by atoms with Crippen LogP contribution < -0.4 is 5.73 Å². The second-order valence-corrected chi connectivity index (χ2v) is 6.39. The quantitative estimate of drug-likeness (QED) is 0.856. The van der Waals surface area contributed by atoms with Gasteiger partial charge in [-0.25, -0.2) is 4.39 Å². The van der Waals surface area contributed by atoms with E-state index in [1.807, 2.05) is 13.1 Å². The summed E-state index contributed by atoms with van der Waals surface area (Å²) >= 11 is 0. The van der Waals surface area contributed by atoms with Gasteiger partial charge in [0.25, 0.3) is 0 Å². The van der Waals surface area contributed by atoms with Crippen LogP contribution in [0.5, 0.6) is 0 Å². The van der Waals surface area contributed by atoms with Crippen molar-refractivity contribution in [3.63, 3.8) is 0 Å². The van der Waals surface area contributed by atoms with Crippen molar-refractivity contribution in [1.82, 2.24) is 14.7 Å². The van der Waals surface area contributed by atoms with E-state index in [4.69, 9.17) is 10.5 Å². The van der Waals surface area contributed by atoms with Crippen LogP contribution in [0.15, 0.2) is 36.5 Å². The molecule has 1 aromatic carbocycles. The number of halogens is 2. The Balaban J connectivity index is 0.00000243. The van der Waals surface area contributed by atoms with E-state index in [9.17, 15) is 9.18 Å². The van der Waals surface area contributed by atoms with Gasteiger partial charge >= 0.3 is 0 Å². The highest BCUT2D eigenvalue weighted by molar-refractivity contribution is 5.85. The number of rotatable bonds is 5. The SMILES string of the molecule is Cl.Cn1nccc1COCC(=O)N1CC[C@H](c2ccc(F)cc2)[C@@H](N)C1.